The van der Waals surface area contributed by atoms with Gasteiger partial charge in [0.25, 0.3) is 5.91 Å². The predicted octanol–water partition coefficient (Wildman–Crippen LogP) is 1.99. The Labute approximate surface area is 108 Å². The van der Waals surface area contributed by atoms with Gasteiger partial charge in [0.15, 0.2) is 0 Å². The molecule has 1 aromatic rings. The molecule has 0 atom stereocenters. The van der Waals surface area contributed by atoms with E-state index in [0.29, 0.717) is 11.3 Å². The average molecular weight is 247 g/mol. The standard InChI is InChI=1S/C14H21N3O/c1-14(2)7-4-8-17(9-14)11-6-3-5-10(12(11)15)13(16)18/h3,5-6H,4,7-9,15H2,1-2H3,(H2,16,18). The smallest absolute Gasteiger partial charge is 0.250 e. The number of primary amides is 1. The van der Waals surface area contributed by atoms with Gasteiger partial charge in [0.2, 0.25) is 0 Å². The van der Waals surface area contributed by atoms with Gasteiger partial charge >= 0.3 is 0 Å². The van der Waals surface area contributed by atoms with Crippen LogP contribution in [0.2, 0.25) is 0 Å². The van der Waals surface area contributed by atoms with Crippen molar-refractivity contribution in [3.8, 4) is 0 Å². The summed E-state index contributed by atoms with van der Waals surface area (Å²) in [7, 11) is 0. The molecule has 1 aromatic carbocycles. The number of para-hydroxylation sites is 1. The highest BCUT2D eigenvalue weighted by molar-refractivity contribution is 6.00. The fourth-order valence-electron chi connectivity index (χ4n) is 2.67. The number of hydrogen-bond donors (Lipinski definition) is 2. The second kappa shape index (κ2) is 4.52. The van der Waals surface area contributed by atoms with Crippen molar-refractivity contribution in [1.82, 2.24) is 0 Å². The first-order valence-electron chi connectivity index (χ1n) is 6.34. The van der Waals surface area contributed by atoms with Gasteiger partial charge in [-0.05, 0) is 30.4 Å². The molecule has 0 bridgehead atoms. The average Bonchev–Trinajstić information content (AvgIpc) is 2.27. The Kier molecular flexibility index (Phi) is 3.20. The largest absolute Gasteiger partial charge is 0.396 e. The van der Waals surface area contributed by atoms with Gasteiger partial charge in [0.05, 0.1) is 16.9 Å². The lowest BCUT2D eigenvalue weighted by atomic mass is 9.84. The molecule has 0 spiro atoms. The van der Waals surface area contributed by atoms with E-state index in [1.54, 1.807) is 6.07 Å². The number of rotatable bonds is 2. The van der Waals surface area contributed by atoms with E-state index in [1.807, 2.05) is 12.1 Å². The van der Waals surface area contributed by atoms with Crippen molar-refractivity contribution in [2.45, 2.75) is 26.7 Å². The number of piperidine rings is 1. The molecule has 0 aromatic heterocycles. The lowest BCUT2D eigenvalue weighted by Crippen LogP contribution is -2.40. The van der Waals surface area contributed by atoms with Gasteiger partial charge in [-0.2, -0.15) is 0 Å². The van der Waals surface area contributed by atoms with E-state index < -0.39 is 5.91 Å². The van der Waals surface area contributed by atoms with Crippen LogP contribution in [-0.2, 0) is 0 Å². The van der Waals surface area contributed by atoms with Crippen molar-refractivity contribution in [3.05, 3.63) is 23.8 Å². The molecule has 4 heteroatoms. The van der Waals surface area contributed by atoms with Crippen LogP contribution >= 0.6 is 0 Å². The van der Waals surface area contributed by atoms with Crippen molar-refractivity contribution in [2.24, 2.45) is 11.1 Å². The number of benzene rings is 1. The molecular formula is C14H21N3O. The van der Waals surface area contributed by atoms with Gasteiger partial charge in [0, 0.05) is 13.1 Å². The van der Waals surface area contributed by atoms with Crippen molar-refractivity contribution in [3.63, 3.8) is 0 Å². The quantitative estimate of drug-likeness (QED) is 0.785. The van der Waals surface area contributed by atoms with Crippen LogP contribution in [-0.4, -0.2) is 19.0 Å². The zero-order valence-electron chi connectivity index (χ0n) is 11.1. The summed E-state index contributed by atoms with van der Waals surface area (Å²) in [5, 5.41) is 0. The fourth-order valence-corrected chi connectivity index (χ4v) is 2.67. The minimum Gasteiger partial charge on any atom is -0.396 e. The molecule has 0 unspecified atom stereocenters. The zero-order chi connectivity index (χ0) is 13.3. The van der Waals surface area contributed by atoms with Crippen molar-refractivity contribution >= 4 is 17.3 Å². The second-order valence-electron chi connectivity index (χ2n) is 5.79. The molecule has 1 aliphatic heterocycles. The van der Waals surface area contributed by atoms with E-state index in [9.17, 15) is 4.79 Å². The minimum absolute atomic E-state index is 0.285. The molecule has 0 saturated carbocycles. The van der Waals surface area contributed by atoms with E-state index in [2.05, 4.69) is 18.7 Å². The number of nitrogens with zero attached hydrogens (tertiary/aromatic N) is 1. The molecule has 1 heterocycles. The molecule has 18 heavy (non-hydrogen) atoms. The highest BCUT2D eigenvalue weighted by atomic mass is 16.1. The van der Waals surface area contributed by atoms with Crippen LogP contribution in [0.3, 0.4) is 0 Å². The highest BCUT2D eigenvalue weighted by Gasteiger charge is 2.27. The van der Waals surface area contributed by atoms with Crippen LogP contribution in [0.15, 0.2) is 18.2 Å². The maximum absolute atomic E-state index is 11.3. The molecule has 4 N–H and O–H groups in total. The summed E-state index contributed by atoms with van der Waals surface area (Å²) in [6.45, 7) is 6.45. The number of anilines is 2. The van der Waals surface area contributed by atoms with Crippen LogP contribution in [0.1, 0.15) is 37.0 Å². The summed E-state index contributed by atoms with van der Waals surface area (Å²) in [6, 6.07) is 5.48. The van der Waals surface area contributed by atoms with Crippen LogP contribution in [0.4, 0.5) is 11.4 Å². The molecule has 0 aliphatic carbocycles. The molecule has 1 amide bonds. The lowest BCUT2D eigenvalue weighted by Gasteiger charge is -2.40. The number of nitrogens with two attached hydrogens (primary N) is 2. The molecule has 0 radical (unpaired) electrons. The molecule has 1 fully saturated rings. The van der Waals surface area contributed by atoms with Gasteiger partial charge in [-0.15, -0.1) is 0 Å². The fraction of sp³-hybridized carbons (Fsp3) is 0.500. The second-order valence-corrected chi connectivity index (χ2v) is 5.79. The zero-order valence-corrected chi connectivity index (χ0v) is 11.1. The van der Waals surface area contributed by atoms with E-state index >= 15 is 0 Å². The third-order valence-corrected chi connectivity index (χ3v) is 3.59. The van der Waals surface area contributed by atoms with E-state index in [-0.39, 0.29) is 5.41 Å². The van der Waals surface area contributed by atoms with Crippen molar-refractivity contribution in [1.29, 1.82) is 0 Å². The number of nitrogen functional groups attached to an aromatic ring is 1. The van der Waals surface area contributed by atoms with Crippen LogP contribution in [0, 0.1) is 5.41 Å². The Morgan fingerprint density at radius 1 is 1.39 bits per heavy atom. The minimum atomic E-state index is -0.467. The van der Waals surface area contributed by atoms with Gasteiger partial charge in [0.1, 0.15) is 0 Å². The Hall–Kier alpha value is -1.71. The molecular weight excluding hydrogens is 226 g/mol. The Morgan fingerprint density at radius 3 is 2.72 bits per heavy atom. The SMILES string of the molecule is CC1(C)CCCN(c2cccc(C(N)=O)c2N)C1. The Morgan fingerprint density at radius 2 is 2.11 bits per heavy atom. The first kappa shape index (κ1) is 12.7. The normalized spacial score (nSPS) is 18.7. The number of hydrogen-bond acceptors (Lipinski definition) is 3. The van der Waals surface area contributed by atoms with Gasteiger partial charge in [-0.3, -0.25) is 4.79 Å². The first-order valence-corrected chi connectivity index (χ1v) is 6.34. The van der Waals surface area contributed by atoms with Gasteiger partial charge < -0.3 is 16.4 Å². The first-order chi connectivity index (χ1) is 8.41. The van der Waals surface area contributed by atoms with Crippen molar-refractivity contribution < 1.29 is 4.79 Å². The van der Waals surface area contributed by atoms with Gasteiger partial charge in [-0.1, -0.05) is 19.9 Å². The number of amides is 1. The van der Waals surface area contributed by atoms with Crippen LogP contribution in [0.5, 0.6) is 0 Å². The molecule has 4 nitrogen and oxygen atoms in total. The Bertz CT molecular complexity index is 468. The third-order valence-electron chi connectivity index (χ3n) is 3.59. The summed E-state index contributed by atoms with van der Waals surface area (Å²) in [5.41, 5.74) is 13.5. The third kappa shape index (κ3) is 2.42. The van der Waals surface area contributed by atoms with E-state index in [4.69, 9.17) is 11.5 Å². The number of carbonyl (C=O) groups is 1. The maximum atomic E-state index is 11.3. The van der Waals surface area contributed by atoms with Crippen LogP contribution in [0.25, 0.3) is 0 Å². The lowest BCUT2D eigenvalue weighted by molar-refractivity contribution is 0.100. The van der Waals surface area contributed by atoms with Crippen LogP contribution < -0.4 is 16.4 Å². The molecule has 2 rings (SSSR count). The summed E-state index contributed by atoms with van der Waals surface area (Å²) in [5.74, 6) is -0.467. The monoisotopic (exact) mass is 247 g/mol. The van der Waals surface area contributed by atoms with E-state index in [1.165, 1.54) is 6.42 Å². The predicted molar refractivity (Wildman–Crippen MR) is 74.6 cm³/mol. The molecule has 1 saturated heterocycles. The summed E-state index contributed by atoms with van der Waals surface area (Å²) >= 11 is 0. The Balaban J connectivity index is 2.34. The molecule has 1 aliphatic rings. The van der Waals surface area contributed by atoms with E-state index in [0.717, 1.165) is 25.2 Å². The maximum Gasteiger partial charge on any atom is 0.250 e. The summed E-state index contributed by atoms with van der Waals surface area (Å²) < 4.78 is 0. The van der Waals surface area contributed by atoms with Gasteiger partial charge in [-0.25, -0.2) is 0 Å². The number of carbonyl (C=O) groups excluding carboxylic acids is 1. The summed E-state index contributed by atoms with van der Waals surface area (Å²) in [6.07, 6.45) is 2.37. The molecule has 98 valence electrons. The summed E-state index contributed by atoms with van der Waals surface area (Å²) in [4.78, 5) is 13.6. The highest BCUT2D eigenvalue weighted by Crippen LogP contribution is 2.34. The topological polar surface area (TPSA) is 72.3 Å². The van der Waals surface area contributed by atoms with Crippen molar-refractivity contribution in [2.75, 3.05) is 23.7 Å².